The van der Waals surface area contributed by atoms with Gasteiger partial charge in [0.05, 0.1) is 45.1 Å². The summed E-state index contributed by atoms with van der Waals surface area (Å²) in [6.45, 7) is -0.935. The number of hydrogen-bond donors (Lipinski definition) is 17. The molecule has 0 aliphatic carbocycles. The number of Topliss-reactive ketones (excluding diaryl/α,β-unsaturated/α-hetero) is 1. The lowest BCUT2D eigenvalue weighted by Gasteiger charge is -2.30. The summed E-state index contributed by atoms with van der Waals surface area (Å²) in [6, 6.07) is -4.72. The van der Waals surface area contributed by atoms with Gasteiger partial charge >= 0.3 is 5.97 Å². The molecule has 1 aromatic rings. The molecule has 30 heteroatoms. The number of guanidine groups is 1. The van der Waals surface area contributed by atoms with Crippen LogP contribution in [0.1, 0.15) is 89.0 Å². The molecule has 1 heterocycles. The maximum atomic E-state index is 14.4. The Labute approximate surface area is 471 Å². The van der Waals surface area contributed by atoms with Crippen molar-refractivity contribution in [1.82, 2.24) is 36.8 Å². The number of methoxy groups -OCH3 is 2. The van der Waals surface area contributed by atoms with Gasteiger partial charge in [-0.15, -0.1) is 0 Å². The number of aliphatic imine (C=N–C) groups is 1. The van der Waals surface area contributed by atoms with Crippen molar-refractivity contribution in [2.75, 3.05) is 66.6 Å². The molecule has 25 N–H and O–H groups in total. The average Bonchev–Trinajstić information content (AvgIpc) is 4.02. The van der Waals surface area contributed by atoms with Crippen LogP contribution in [0.15, 0.2) is 34.8 Å². The van der Waals surface area contributed by atoms with Crippen molar-refractivity contribution in [2.45, 2.75) is 144 Å². The van der Waals surface area contributed by atoms with Crippen molar-refractivity contribution < 1.29 is 67.9 Å². The van der Waals surface area contributed by atoms with E-state index in [1.54, 1.807) is 18.2 Å². The molecule has 2 rings (SSSR count). The topological polar surface area (TPSA) is 529 Å². The zero-order chi connectivity index (χ0) is 60.6. The summed E-state index contributed by atoms with van der Waals surface area (Å²) in [5.41, 5.74) is 45.4. The van der Waals surface area contributed by atoms with E-state index in [1.807, 2.05) is 0 Å². The van der Waals surface area contributed by atoms with Crippen molar-refractivity contribution in [3.63, 3.8) is 0 Å². The van der Waals surface area contributed by atoms with Gasteiger partial charge in [0.2, 0.25) is 41.4 Å². The van der Waals surface area contributed by atoms with Crippen LogP contribution in [0.5, 0.6) is 11.5 Å². The summed E-state index contributed by atoms with van der Waals surface area (Å²) in [7, 11) is 2.86. The number of nitrogens with one attached hydrogen (secondary N) is 6. The van der Waals surface area contributed by atoms with Gasteiger partial charge in [-0.1, -0.05) is 18.6 Å². The van der Waals surface area contributed by atoms with E-state index in [-0.39, 0.29) is 89.0 Å². The number of nitrogens with two attached hydrogens (primary N) is 8. The Morgan fingerprint density at radius 2 is 1.32 bits per heavy atom. The minimum atomic E-state index is -1.83. The highest BCUT2D eigenvalue weighted by atomic mass is 16.5. The molecule has 30 nitrogen and oxygen atoms in total. The zero-order valence-corrected chi connectivity index (χ0v) is 46.4. The first-order valence-electron chi connectivity index (χ1n) is 27.0. The van der Waals surface area contributed by atoms with Crippen LogP contribution in [-0.4, -0.2) is 200 Å². The Balaban J connectivity index is 2.38. The van der Waals surface area contributed by atoms with Crippen LogP contribution in [0.25, 0.3) is 0 Å². The number of aliphatic hydroxyl groups excluding tert-OH is 2. The monoisotopic (exact) mass is 1150 g/mol. The number of carbonyl (C=O) groups is 9. The predicted molar refractivity (Wildman–Crippen MR) is 298 cm³/mol. The smallest absolute Gasteiger partial charge is 0.331 e. The Morgan fingerprint density at radius 3 is 1.91 bits per heavy atom. The molecular weight excluding hydrogens is 1060 g/mol. The zero-order valence-electron chi connectivity index (χ0n) is 46.4. The number of likely N-dealkylation sites (tertiary alicyclic amines) is 1. The lowest BCUT2D eigenvalue weighted by molar-refractivity contribution is -0.142. The molecule has 9 atom stereocenters. The second-order valence-electron chi connectivity index (χ2n) is 19.3. The lowest BCUT2D eigenvalue weighted by Crippen LogP contribution is -2.63. The quantitative estimate of drug-likeness (QED) is 0.0126. The normalized spacial score (nSPS) is 16.2. The minimum Gasteiger partial charge on any atom is -0.493 e. The molecule has 0 bridgehead atoms. The van der Waals surface area contributed by atoms with Crippen LogP contribution < -0.4 is 87.2 Å². The summed E-state index contributed by atoms with van der Waals surface area (Å²) in [5, 5.41) is 46.0. The molecule has 1 aromatic carbocycles. The molecular formula is C51H88N16O14. The van der Waals surface area contributed by atoms with Gasteiger partial charge in [-0.05, 0) is 108 Å². The summed E-state index contributed by atoms with van der Waals surface area (Å²) in [4.78, 5) is 127. The van der Waals surface area contributed by atoms with Crippen molar-refractivity contribution >= 4 is 59.1 Å². The number of aliphatic hydroxyl groups is 2. The number of amides is 7. The van der Waals surface area contributed by atoms with E-state index >= 15 is 0 Å². The van der Waals surface area contributed by atoms with Gasteiger partial charge in [0.25, 0.3) is 0 Å². The van der Waals surface area contributed by atoms with Gasteiger partial charge in [-0.2, -0.15) is 0 Å². The highest BCUT2D eigenvalue weighted by Gasteiger charge is 2.40. The summed E-state index contributed by atoms with van der Waals surface area (Å²) >= 11 is 0. The lowest BCUT2D eigenvalue weighted by atomic mass is 9.97. The Hall–Kier alpha value is -7.06. The highest BCUT2D eigenvalue weighted by Crippen LogP contribution is 2.28. The van der Waals surface area contributed by atoms with E-state index in [9.17, 15) is 58.5 Å². The van der Waals surface area contributed by atoms with Crippen LogP contribution >= 0.6 is 0 Å². The number of nitrogens with zero attached hydrogens (tertiary/aromatic N) is 2. The Morgan fingerprint density at radius 1 is 0.716 bits per heavy atom. The number of ketones is 1. The fraction of sp³-hybridized carbons (Fsp3) is 0.647. The molecule has 1 aliphatic rings. The van der Waals surface area contributed by atoms with Gasteiger partial charge in [0.1, 0.15) is 30.2 Å². The van der Waals surface area contributed by atoms with Crippen LogP contribution in [0.4, 0.5) is 0 Å². The third-order valence-corrected chi connectivity index (χ3v) is 13.2. The van der Waals surface area contributed by atoms with Gasteiger partial charge < -0.3 is 107 Å². The molecule has 0 spiro atoms. The summed E-state index contributed by atoms with van der Waals surface area (Å²) < 4.78 is 10.8. The molecule has 0 unspecified atom stereocenters. The van der Waals surface area contributed by atoms with Crippen LogP contribution in [0.2, 0.25) is 0 Å². The summed E-state index contributed by atoms with van der Waals surface area (Å²) in [6.07, 6.45) is 0.671. The first kappa shape index (κ1) is 70.0. The minimum absolute atomic E-state index is 0.0106. The van der Waals surface area contributed by atoms with E-state index in [0.717, 1.165) is 0 Å². The number of unbranched alkanes of at least 4 members (excludes halogenated alkanes) is 2. The molecule has 0 saturated carbocycles. The van der Waals surface area contributed by atoms with Crippen LogP contribution in [-0.2, 0) is 49.6 Å². The Bertz CT molecular complexity index is 2290. The van der Waals surface area contributed by atoms with E-state index in [4.69, 9.17) is 55.3 Å². The molecule has 1 saturated heterocycles. The van der Waals surface area contributed by atoms with E-state index in [2.05, 4.69) is 36.9 Å². The number of rotatable bonds is 40. The van der Waals surface area contributed by atoms with Crippen LogP contribution in [0, 0.1) is 0 Å². The maximum Gasteiger partial charge on any atom is 0.331 e. The fourth-order valence-corrected chi connectivity index (χ4v) is 8.65. The number of benzene rings is 1. The number of ether oxygens (including phenoxy) is 2. The molecule has 1 fully saturated rings. The second kappa shape index (κ2) is 37.8. The van der Waals surface area contributed by atoms with E-state index in [0.29, 0.717) is 62.3 Å². The van der Waals surface area contributed by atoms with Gasteiger partial charge in [-0.3, -0.25) is 43.3 Å². The SMILES string of the molecule is COc1ccc(C[C@H](NC(=O)[C@@H]2CCCN2C(=O)[C@@H](CCCN)NC(=O)CNC(=O)[C@@H](NC(=O)[C@@H](NC(=O)[C@@H](N)CCCCN)[C@@H](O)CN)[C@@H](O)CN)C(=O)N[C@@H](CCCCN)C(=O)CC/C(=C\CCN=C(N)N)C(=O)O)cc1OC. The molecule has 0 aromatic heterocycles. The predicted octanol–water partition coefficient (Wildman–Crippen LogP) is -6.24. The van der Waals surface area contributed by atoms with Gasteiger partial charge in [0, 0.05) is 44.6 Å². The molecule has 1 aliphatic heterocycles. The summed E-state index contributed by atoms with van der Waals surface area (Å²) in [5.74, 6) is -7.34. The first-order chi connectivity index (χ1) is 38.6. The Kier molecular flexibility index (Phi) is 32.7. The number of hydrogen-bond acceptors (Lipinski definition) is 20. The van der Waals surface area contributed by atoms with E-state index < -0.39 is 127 Å². The standard InChI is InChI=1S/C51H88N16O14/c1-80-39-18-15-29(25-40(39)81-2)24-34(45(73)63-32(12-4-6-20-53)36(68)17-16-30(50(78)79)10-8-22-60-51(58)59)64-46(74)35-14-9-23-67(35)49(77)33(13-7-21-54)62-41(71)28-61-47(75)42(37(69)26-55)66-48(76)43(38(70)27-56)65-44(72)31(57)11-3-5-19-52/h10,15,18,25,31-35,37-38,42-43,69-70H,3-9,11-14,16-17,19-24,26-28,52-57H2,1-2H3,(H,61,75)(H,62,71)(H,63,73)(H,64,74)(H,65,72)(H,66,76)(H,78,79)(H4,58,59,60)/b30-10+/t31-,32-,33+,34-,35-,37-,38-,42-,43-/m0/s1. The van der Waals surface area contributed by atoms with Crippen molar-refractivity contribution in [1.29, 1.82) is 0 Å². The first-order valence-corrected chi connectivity index (χ1v) is 27.0. The number of carboxylic acid groups (broad SMARTS) is 1. The van der Waals surface area contributed by atoms with Gasteiger partial charge in [-0.25, -0.2) is 4.79 Å². The van der Waals surface area contributed by atoms with Gasteiger partial charge in [0.15, 0.2) is 23.2 Å². The average molecular weight is 1150 g/mol. The molecule has 456 valence electrons. The number of aliphatic carboxylic acids is 1. The molecule has 0 radical (unpaired) electrons. The van der Waals surface area contributed by atoms with Crippen molar-refractivity contribution in [2.24, 2.45) is 50.9 Å². The van der Waals surface area contributed by atoms with Crippen molar-refractivity contribution in [3.8, 4) is 11.5 Å². The maximum absolute atomic E-state index is 14.4. The third-order valence-electron chi connectivity index (χ3n) is 13.2. The van der Waals surface area contributed by atoms with Crippen LogP contribution in [0.3, 0.4) is 0 Å². The highest BCUT2D eigenvalue weighted by molar-refractivity contribution is 5.98. The fourth-order valence-electron chi connectivity index (χ4n) is 8.65. The molecule has 7 amide bonds. The van der Waals surface area contributed by atoms with E-state index in [1.165, 1.54) is 25.2 Å². The van der Waals surface area contributed by atoms with Crippen molar-refractivity contribution in [3.05, 3.63) is 35.4 Å². The largest absolute Gasteiger partial charge is 0.493 e. The number of carboxylic acids is 1. The molecule has 81 heavy (non-hydrogen) atoms. The number of carbonyl (C=O) groups excluding carboxylic acids is 8. The third kappa shape index (κ3) is 24.3. The second-order valence-corrected chi connectivity index (χ2v) is 19.3.